The van der Waals surface area contributed by atoms with Crippen LogP contribution in [0.1, 0.15) is 0 Å². The van der Waals surface area contributed by atoms with Crippen molar-refractivity contribution in [3.63, 3.8) is 0 Å². The van der Waals surface area contributed by atoms with Gasteiger partial charge in [-0.25, -0.2) is 0 Å². The Bertz CT molecular complexity index is 2120. The van der Waals surface area contributed by atoms with Gasteiger partial charge in [0.1, 0.15) is 0 Å². The van der Waals surface area contributed by atoms with Gasteiger partial charge >= 0.3 is 0 Å². The van der Waals surface area contributed by atoms with Gasteiger partial charge in [0, 0.05) is 5.30 Å². The van der Waals surface area contributed by atoms with E-state index >= 15 is 0 Å². The molecule has 0 N–H and O–H groups in total. The number of hydrogen-bond donors (Lipinski definition) is 0. The fourth-order valence-electron chi connectivity index (χ4n) is 7.48. The Labute approximate surface area is 272 Å². The van der Waals surface area contributed by atoms with Gasteiger partial charge in [0.05, 0.1) is 17.1 Å². The molecule has 0 radical (unpaired) electrons. The maximum atomic E-state index is 6.49. The van der Waals surface area contributed by atoms with E-state index < -0.39 is 16.0 Å². The second-order valence-corrected chi connectivity index (χ2v) is 17.6. The Morgan fingerprint density at radius 1 is 0.413 bits per heavy atom. The first-order chi connectivity index (χ1) is 22.9. The lowest BCUT2D eigenvalue weighted by molar-refractivity contribution is 0.477. The summed E-state index contributed by atoms with van der Waals surface area (Å²) in [6, 6.07) is 67.0. The van der Waals surface area contributed by atoms with Crippen molar-refractivity contribution < 1.29 is 4.74 Å². The summed E-state index contributed by atoms with van der Waals surface area (Å²) in [6.45, 7) is 0. The van der Waals surface area contributed by atoms with Gasteiger partial charge in [-0.2, -0.15) is 0 Å². The van der Waals surface area contributed by atoms with Gasteiger partial charge in [-0.05, 0) is 69.6 Å². The smallest absolute Gasteiger partial charge is 0.181 e. The first-order valence-corrected chi connectivity index (χ1v) is 19.0. The van der Waals surface area contributed by atoms with E-state index in [2.05, 4.69) is 187 Å². The van der Waals surface area contributed by atoms with E-state index in [1.807, 2.05) is 0 Å². The van der Waals surface area contributed by atoms with Gasteiger partial charge in [0.25, 0.3) is 0 Å². The first-order valence-electron chi connectivity index (χ1n) is 15.7. The molecule has 9 rings (SSSR count). The van der Waals surface area contributed by atoms with E-state index in [1.54, 1.807) is 0 Å². The molecule has 2 heterocycles. The third-order valence-corrected chi connectivity index (χ3v) is 17.2. The minimum absolute atomic E-state index is 0.869. The van der Waals surface area contributed by atoms with Crippen LogP contribution in [-0.4, -0.2) is 8.07 Å². The molecule has 2 aliphatic heterocycles. The molecule has 7 aromatic carbocycles. The van der Waals surface area contributed by atoms with Gasteiger partial charge < -0.3 is 9.64 Å². The Kier molecular flexibility index (Phi) is 6.48. The molecule has 0 saturated heterocycles. The topological polar surface area (TPSA) is 12.5 Å². The van der Waals surface area contributed by atoms with Crippen molar-refractivity contribution in [1.82, 2.24) is 0 Å². The average Bonchev–Trinajstić information content (AvgIpc) is 3.14. The van der Waals surface area contributed by atoms with Gasteiger partial charge in [-0.3, -0.25) is 0 Å². The van der Waals surface area contributed by atoms with Crippen LogP contribution in [0.5, 0.6) is 11.5 Å². The minimum Gasteiger partial charge on any atom is -0.453 e. The van der Waals surface area contributed by atoms with Crippen LogP contribution in [0.25, 0.3) is 0 Å². The molecule has 0 saturated carbocycles. The lowest BCUT2D eigenvalue weighted by atomic mass is 10.1. The van der Waals surface area contributed by atoms with E-state index in [-0.39, 0.29) is 0 Å². The molecular weight excluding hydrogens is 594 g/mol. The molecule has 0 fully saturated rings. The maximum absolute atomic E-state index is 6.49. The van der Waals surface area contributed by atoms with Gasteiger partial charge in [-0.1, -0.05) is 152 Å². The van der Waals surface area contributed by atoms with E-state index in [1.165, 1.54) is 42.3 Å². The van der Waals surface area contributed by atoms with Crippen LogP contribution in [0.2, 0.25) is 0 Å². The van der Waals surface area contributed by atoms with Crippen molar-refractivity contribution >= 4 is 69.7 Å². The van der Waals surface area contributed by atoms with E-state index in [0.29, 0.717) is 0 Å². The predicted octanol–water partition coefficient (Wildman–Crippen LogP) is 6.71. The summed E-state index contributed by atoms with van der Waals surface area (Å²) in [6.07, 6.45) is 0. The van der Waals surface area contributed by atoms with Crippen LogP contribution in [0.15, 0.2) is 182 Å². The lowest BCUT2D eigenvalue weighted by Gasteiger charge is -2.45. The monoisotopic (exact) mass is 623 g/mol. The number of hydrogen-bond acceptors (Lipinski definition) is 2. The highest BCUT2D eigenvalue weighted by molar-refractivity contribution is 7.82. The highest BCUT2D eigenvalue weighted by Gasteiger charge is 2.50. The fourth-order valence-corrected chi connectivity index (χ4v) is 16.6. The second-order valence-electron chi connectivity index (χ2n) is 11.7. The Balaban J connectivity index is 1.46. The molecule has 2 nitrogen and oxygen atoms in total. The summed E-state index contributed by atoms with van der Waals surface area (Å²) in [4.78, 5) is 2.45. The molecule has 1 atom stereocenters. The molecule has 46 heavy (non-hydrogen) atoms. The van der Waals surface area contributed by atoms with E-state index in [9.17, 15) is 0 Å². The van der Waals surface area contributed by atoms with Gasteiger partial charge in [-0.15, -0.1) is 0 Å². The van der Waals surface area contributed by atoms with Crippen LogP contribution in [0.3, 0.4) is 0 Å². The molecule has 0 amide bonds. The zero-order valence-electron chi connectivity index (χ0n) is 25.1. The molecular formula is C42H30NOPSi. The van der Waals surface area contributed by atoms with Crippen LogP contribution in [-0.2, 0) is 0 Å². The number of rotatable bonds is 4. The van der Waals surface area contributed by atoms with Crippen molar-refractivity contribution in [3.8, 4) is 11.5 Å². The highest BCUT2D eigenvalue weighted by Crippen LogP contribution is 2.51. The van der Waals surface area contributed by atoms with Crippen molar-refractivity contribution in [2.75, 3.05) is 4.90 Å². The van der Waals surface area contributed by atoms with Crippen LogP contribution in [0, 0.1) is 0 Å². The lowest BCUT2D eigenvalue weighted by Crippen LogP contribution is -2.81. The molecule has 1 unspecified atom stereocenters. The maximum Gasteiger partial charge on any atom is 0.181 e. The van der Waals surface area contributed by atoms with Crippen molar-refractivity contribution in [1.29, 1.82) is 0 Å². The molecule has 0 aliphatic carbocycles. The molecule has 7 aromatic rings. The molecule has 0 spiro atoms. The fraction of sp³-hybridized carbons (Fsp3) is 0. The standard InChI is InChI=1S/C42H30NOPSi/c1-4-17-31(18-5-1)45-39-28-14-15-29-40(39)46(32-19-6-2-7-20-32,33-21-8-3-9-22-33)41-30-16-25-36(42(41)45)43-34-23-10-12-26-37(34)44-38-27-13-11-24-35(38)43/h1-30H. The number of para-hydroxylation sites is 4. The van der Waals surface area contributed by atoms with Crippen LogP contribution in [0.4, 0.5) is 17.1 Å². The summed E-state index contributed by atoms with van der Waals surface area (Å²) in [7, 11) is -3.68. The van der Waals surface area contributed by atoms with Crippen LogP contribution >= 0.6 is 7.92 Å². The summed E-state index contributed by atoms with van der Waals surface area (Å²) in [5.41, 5.74) is 3.33. The molecule has 2 aliphatic rings. The minimum atomic E-state index is -2.77. The number of ether oxygens (including phenoxy) is 1. The predicted molar refractivity (Wildman–Crippen MR) is 197 cm³/mol. The van der Waals surface area contributed by atoms with E-state index in [0.717, 1.165) is 22.9 Å². The molecule has 0 bridgehead atoms. The zero-order chi connectivity index (χ0) is 30.5. The SMILES string of the molecule is c1ccc(P2c3ccccc3[Si](c3ccccc3)(c3ccccc3)c3cccc(N4c5ccccc5Oc5ccccc54)c32)cc1. The summed E-state index contributed by atoms with van der Waals surface area (Å²) < 4.78 is 6.49. The average molecular weight is 624 g/mol. The van der Waals surface area contributed by atoms with Gasteiger partial charge in [0.15, 0.2) is 19.6 Å². The third-order valence-electron chi connectivity index (χ3n) is 9.29. The summed E-state index contributed by atoms with van der Waals surface area (Å²) in [5, 5.41) is 9.96. The Morgan fingerprint density at radius 2 is 0.891 bits per heavy atom. The zero-order valence-corrected chi connectivity index (χ0v) is 27.0. The van der Waals surface area contributed by atoms with Crippen molar-refractivity contribution in [2.24, 2.45) is 0 Å². The number of benzene rings is 7. The normalized spacial score (nSPS) is 15.5. The largest absolute Gasteiger partial charge is 0.453 e. The molecule has 218 valence electrons. The van der Waals surface area contributed by atoms with Crippen molar-refractivity contribution in [3.05, 3.63) is 182 Å². The number of nitrogens with zero attached hydrogens (tertiary/aromatic N) is 1. The quantitative estimate of drug-likeness (QED) is 0.160. The number of anilines is 3. The molecule has 0 aromatic heterocycles. The first kappa shape index (κ1) is 27.1. The second kappa shape index (κ2) is 11.0. The summed E-state index contributed by atoms with van der Waals surface area (Å²) >= 11 is 0. The third kappa shape index (κ3) is 3.99. The van der Waals surface area contributed by atoms with Gasteiger partial charge in [0.2, 0.25) is 0 Å². The molecule has 4 heteroatoms. The highest BCUT2D eigenvalue weighted by atomic mass is 31.1. The Hall–Kier alpha value is -5.21. The van der Waals surface area contributed by atoms with Crippen molar-refractivity contribution in [2.45, 2.75) is 0 Å². The Morgan fingerprint density at radius 3 is 1.52 bits per heavy atom. The van der Waals surface area contributed by atoms with E-state index in [4.69, 9.17) is 4.74 Å². The number of fused-ring (bicyclic) bond motifs is 4. The summed E-state index contributed by atoms with van der Waals surface area (Å²) in [5.74, 6) is 1.74. The van der Waals surface area contributed by atoms with Crippen LogP contribution < -0.4 is 46.3 Å².